The molecule has 0 aliphatic carbocycles. The first-order chi connectivity index (χ1) is 24.9. The van der Waals surface area contributed by atoms with Gasteiger partial charge in [-0.25, -0.2) is 0 Å². The monoisotopic (exact) mass is 760 g/mol. The highest BCUT2D eigenvalue weighted by atomic mass is 16.7. The summed E-state index contributed by atoms with van der Waals surface area (Å²) < 4.78 is 34.0. The highest BCUT2D eigenvalue weighted by Crippen LogP contribution is 2.31. The zero-order valence-corrected chi connectivity index (χ0v) is 31.8. The van der Waals surface area contributed by atoms with Crippen molar-refractivity contribution in [3.05, 3.63) is 47.6 Å². The number of rotatable bonds is 18. The fraction of sp³-hybridized carbons (Fsp3) is 0.789. The summed E-state index contributed by atoms with van der Waals surface area (Å²) in [5, 5.41) is 94.1. The molecule has 16 atom stereocenters. The molecule has 9 N–H and O–H groups in total. The maximum atomic E-state index is 11.1. The Morgan fingerprint density at radius 1 is 0.623 bits per heavy atom. The van der Waals surface area contributed by atoms with Gasteiger partial charge in [0, 0.05) is 0 Å². The van der Waals surface area contributed by atoms with E-state index in [1.165, 1.54) is 18.1 Å². The molecule has 3 fully saturated rings. The molecule has 0 aromatic rings. The van der Waals surface area contributed by atoms with Crippen LogP contribution in [-0.2, 0) is 28.4 Å². The standard InChI is InChI=1S/C38H64O15/c1-8-38(7,47)17-11-16-21(3)13-9-12-20(2)14-10-15-22(4)18-48-36-33(46)34(27(40)24(6)51-36)53-37-32(45)30(43)28(41)25(52-37)19-49-35-31(44)29(42)26(39)23(5)50-35/h8,12,15-16,23-37,39-47H,1,9-11,13-14,17-19H2,2-7H3/b20-12+,21-16+,22-15-/t23-,24-,25+,26-,27-,28+,29+,30-,31+,32+,33+,34+,35+,36+,37-,38+/m0/s1. The molecule has 3 saturated heterocycles. The van der Waals surface area contributed by atoms with Crippen LogP contribution in [0.3, 0.4) is 0 Å². The van der Waals surface area contributed by atoms with Crippen molar-refractivity contribution in [1.29, 1.82) is 0 Å². The van der Waals surface area contributed by atoms with Gasteiger partial charge in [-0.3, -0.25) is 0 Å². The van der Waals surface area contributed by atoms with Crippen molar-refractivity contribution in [2.24, 2.45) is 0 Å². The predicted molar refractivity (Wildman–Crippen MR) is 192 cm³/mol. The highest BCUT2D eigenvalue weighted by molar-refractivity contribution is 5.07. The summed E-state index contributed by atoms with van der Waals surface area (Å²) in [5.74, 6) is 0. The maximum absolute atomic E-state index is 11.1. The minimum absolute atomic E-state index is 0.120. The Kier molecular flexibility index (Phi) is 18.2. The third kappa shape index (κ3) is 13.2. The number of hydrogen-bond donors (Lipinski definition) is 9. The quantitative estimate of drug-likeness (QED) is 0.0872. The topological polar surface area (TPSA) is 237 Å². The largest absolute Gasteiger partial charge is 0.388 e. The highest BCUT2D eigenvalue weighted by Gasteiger charge is 2.51. The van der Waals surface area contributed by atoms with Gasteiger partial charge in [-0.2, -0.15) is 0 Å². The Bertz CT molecular complexity index is 1220. The summed E-state index contributed by atoms with van der Waals surface area (Å²) >= 11 is 0. The lowest BCUT2D eigenvalue weighted by atomic mass is 9.97. The van der Waals surface area contributed by atoms with Gasteiger partial charge in [0.1, 0.15) is 61.0 Å². The van der Waals surface area contributed by atoms with Crippen molar-refractivity contribution in [3.8, 4) is 0 Å². The predicted octanol–water partition coefficient (Wildman–Crippen LogP) is 0.623. The number of allylic oxidation sites excluding steroid dienone is 5. The van der Waals surface area contributed by atoms with E-state index in [1.807, 2.05) is 13.0 Å². The van der Waals surface area contributed by atoms with Crippen molar-refractivity contribution in [1.82, 2.24) is 0 Å². The van der Waals surface area contributed by atoms with Gasteiger partial charge in [-0.1, -0.05) is 41.0 Å². The van der Waals surface area contributed by atoms with Crippen LogP contribution in [0.2, 0.25) is 0 Å². The average Bonchev–Trinajstić information content (AvgIpc) is 3.11. The third-order valence-corrected chi connectivity index (χ3v) is 10.1. The molecular formula is C38H64O15. The molecule has 53 heavy (non-hydrogen) atoms. The summed E-state index contributed by atoms with van der Waals surface area (Å²) in [6.07, 6.45) is -8.52. The van der Waals surface area contributed by atoms with Crippen molar-refractivity contribution in [2.45, 2.75) is 178 Å². The number of aliphatic hydroxyl groups excluding tert-OH is 8. The lowest BCUT2D eigenvalue weighted by Crippen LogP contribution is -2.64. The first-order valence-corrected chi connectivity index (χ1v) is 18.5. The van der Waals surface area contributed by atoms with E-state index in [4.69, 9.17) is 28.4 Å². The molecule has 306 valence electrons. The molecule has 0 bridgehead atoms. The van der Waals surface area contributed by atoms with Crippen molar-refractivity contribution < 1.29 is 74.4 Å². The van der Waals surface area contributed by atoms with Crippen LogP contribution in [0, 0.1) is 0 Å². The Morgan fingerprint density at radius 3 is 1.74 bits per heavy atom. The van der Waals surface area contributed by atoms with E-state index in [9.17, 15) is 46.0 Å². The van der Waals surface area contributed by atoms with Crippen LogP contribution in [0.25, 0.3) is 0 Å². The van der Waals surface area contributed by atoms with Gasteiger partial charge in [-0.15, -0.1) is 6.58 Å². The maximum Gasteiger partial charge on any atom is 0.187 e. The SMILES string of the molecule is C=C[C@@](C)(O)CC/C=C(\C)CC/C=C(\C)CC/C=C(/C)CO[C@@H]1O[C@@H](C)[C@H](O)[C@@H](O[C@@H]2O[C@H](CO[C@@H]3O[C@@H](C)[C@H](O)[C@@H](O)[C@H]3O)[C@@H](O)[C@H](O)[C@H]2O)[C@H]1O. The normalized spacial score (nSPS) is 40.2. The summed E-state index contributed by atoms with van der Waals surface area (Å²) in [7, 11) is 0. The van der Waals surface area contributed by atoms with Crippen molar-refractivity contribution >= 4 is 0 Å². The molecule has 15 heteroatoms. The van der Waals surface area contributed by atoms with E-state index < -0.39 is 104 Å². The van der Waals surface area contributed by atoms with Gasteiger partial charge in [0.05, 0.1) is 31.0 Å². The van der Waals surface area contributed by atoms with Gasteiger partial charge in [0.25, 0.3) is 0 Å². The summed E-state index contributed by atoms with van der Waals surface area (Å²) in [4.78, 5) is 0. The van der Waals surface area contributed by atoms with Gasteiger partial charge in [-0.05, 0) is 80.1 Å². The zero-order valence-electron chi connectivity index (χ0n) is 31.8. The van der Waals surface area contributed by atoms with E-state index in [0.717, 1.165) is 37.7 Å². The zero-order chi connectivity index (χ0) is 39.6. The van der Waals surface area contributed by atoms with Gasteiger partial charge in [0.2, 0.25) is 0 Å². The smallest absolute Gasteiger partial charge is 0.187 e. The van der Waals surface area contributed by atoms with Crippen LogP contribution in [0.1, 0.15) is 80.1 Å². The lowest BCUT2D eigenvalue weighted by Gasteiger charge is -2.46. The van der Waals surface area contributed by atoms with E-state index in [0.29, 0.717) is 6.42 Å². The Morgan fingerprint density at radius 2 is 1.13 bits per heavy atom. The molecule has 3 aliphatic heterocycles. The fourth-order valence-electron chi connectivity index (χ4n) is 6.24. The second-order valence-electron chi connectivity index (χ2n) is 15.0. The molecule has 0 unspecified atom stereocenters. The van der Waals surface area contributed by atoms with E-state index >= 15 is 0 Å². The molecule has 3 rings (SSSR count). The minimum atomic E-state index is -1.79. The van der Waals surface area contributed by atoms with Gasteiger partial charge in [0.15, 0.2) is 18.9 Å². The summed E-state index contributed by atoms with van der Waals surface area (Å²) in [6.45, 7) is 14.1. The lowest BCUT2D eigenvalue weighted by molar-refractivity contribution is -0.362. The van der Waals surface area contributed by atoms with E-state index in [-0.39, 0.29) is 6.61 Å². The van der Waals surface area contributed by atoms with Crippen LogP contribution in [-0.4, -0.2) is 157 Å². The van der Waals surface area contributed by atoms with E-state index in [2.05, 4.69) is 32.6 Å². The molecule has 0 aromatic heterocycles. The van der Waals surface area contributed by atoms with Crippen LogP contribution >= 0.6 is 0 Å². The molecule has 0 amide bonds. The number of hydrogen-bond acceptors (Lipinski definition) is 15. The first kappa shape index (κ1) is 45.7. The fourth-order valence-corrected chi connectivity index (χ4v) is 6.24. The second-order valence-corrected chi connectivity index (χ2v) is 15.0. The third-order valence-electron chi connectivity index (χ3n) is 10.1. The average molecular weight is 761 g/mol. The summed E-state index contributed by atoms with van der Waals surface area (Å²) in [5.41, 5.74) is 2.59. The first-order valence-electron chi connectivity index (χ1n) is 18.5. The number of ether oxygens (including phenoxy) is 6. The van der Waals surface area contributed by atoms with Crippen molar-refractivity contribution in [2.75, 3.05) is 13.2 Å². The Balaban J connectivity index is 1.50. The van der Waals surface area contributed by atoms with Crippen LogP contribution in [0.15, 0.2) is 47.6 Å². The molecule has 0 aromatic carbocycles. The van der Waals surface area contributed by atoms with Gasteiger partial charge >= 0.3 is 0 Å². The Hall–Kier alpha value is -1.64. The summed E-state index contributed by atoms with van der Waals surface area (Å²) in [6, 6.07) is 0. The van der Waals surface area contributed by atoms with E-state index in [1.54, 1.807) is 19.9 Å². The molecule has 3 heterocycles. The molecular weight excluding hydrogens is 696 g/mol. The molecule has 3 aliphatic rings. The van der Waals surface area contributed by atoms with Crippen LogP contribution in [0.5, 0.6) is 0 Å². The molecule has 15 nitrogen and oxygen atoms in total. The minimum Gasteiger partial charge on any atom is -0.388 e. The van der Waals surface area contributed by atoms with Crippen molar-refractivity contribution in [3.63, 3.8) is 0 Å². The molecule has 0 spiro atoms. The number of aliphatic hydroxyl groups is 9. The van der Waals surface area contributed by atoms with Crippen LogP contribution in [0.4, 0.5) is 0 Å². The second kappa shape index (κ2) is 21.0. The van der Waals surface area contributed by atoms with Crippen LogP contribution < -0.4 is 0 Å². The molecule has 0 saturated carbocycles. The molecule has 0 radical (unpaired) electrons. The van der Waals surface area contributed by atoms with Gasteiger partial charge < -0.3 is 74.4 Å². The Labute approximate surface area is 312 Å².